The molecule has 0 atom stereocenters. The smallest absolute Gasteiger partial charge is 0.191 e. The Morgan fingerprint density at radius 2 is 1.85 bits per heavy atom. The van der Waals surface area contributed by atoms with Crippen molar-refractivity contribution in [3.8, 4) is 17.2 Å². The Hall–Kier alpha value is -1.87. The summed E-state index contributed by atoms with van der Waals surface area (Å²) in [7, 11) is 3.39. The highest BCUT2D eigenvalue weighted by Gasteiger charge is 2.16. The summed E-state index contributed by atoms with van der Waals surface area (Å²) in [4.78, 5) is 4.24. The molecular weight excluding hydrogens is 481 g/mol. The first kappa shape index (κ1) is 21.4. The number of hydrogen-bond donors (Lipinski definition) is 2. The van der Waals surface area contributed by atoms with Crippen LogP contribution in [0.1, 0.15) is 11.1 Å². The second kappa shape index (κ2) is 10.5. The minimum absolute atomic E-state index is 0. The van der Waals surface area contributed by atoms with Gasteiger partial charge in [0.05, 0.1) is 12.1 Å². The van der Waals surface area contributed by atoms with E-state index >= 15 is 0 Å². The van der Waals surface area contributed by atoms with Gasteiger partial charge >= 0.3 is 0 Å². The van der Waals surface area contributed by atoms with E-state index in [9.17, 15) is 0 Å². The predicted molar refractivity (Wildman–Crippen MR) is 118 cm³/mol. The van der Waals surface area contributed by atoms with Crippen LogP contribution in [0, 0.1) is 0 Å². The van der Waals surface area contributed by atoms with Crippen molar-refractivity contribution in [3.05, 3.63) is 52.5 Å². The third-order valence-electron chi connectivity index (χ3n) is 3.93. The summed E-state index contributed by atoms with van der Waals surface area (Å²) in [5, 5.41) is 7.10. The molecule has 0 saturated carbocycles. The average Bonchev–Trinajstić information content (AvgIpc) is 2.68. The molecule has 0 saturated heterocycles. The van der Waals surface area contributed by atoms with Crippen molar-refractivity contribution in [2.75, 3.05) is 27.4 Å². The number of methoxy groups -OCH3 is 1. The lowest BCUT2D eigenvalue weighted by atomic mass is 10.2. The summed E-state index contributed by atoms with van der Waals surface area (Å²) in [5.41, 5.74) is 2.10. The summed E-state index contributed by atoms with van der Waals surface area (Å²) in [6.45, 7) is 2.25. The second-order valence-electron chi connectivity index (χ2n) is 5.73. The highest BCUT2D eigenvalue weighted by atomic mass is 127. The van der Waals surface area contributed by atoms with E-state index < -0.39 is 0 Å². The minimum Gasteiger partial charge on any atom is -0.497 e. The van der Waals surface area contributed by atoms with Crippen LogP contribution in [0.15, 0.2) is 41.4 Å². The van der Waals surface area contributed by atoms with Crippen LogP contribution in [-0.4, -0.2) is 33.3 Å². The number of fused-ring (bicyclic) bond motifs is 1. The summed E-state index contributed by atoms with van der Waals surface area (Å²) < 4.78 is 16.4. The number of nitrogens with zero attached hydrogens (tertiary/aromatic N) is 1. The van der Waals surface area contributed by atoms with Crippen LogP contribution in [0.25, 0.3) is 0 Å². The second-order valence-corrected chi connectivity index (χ2v) is 6.14. The van der Waals surface area contributed by atoms with E-state index in [0.29, 0.717) is 48.8 Å². The van der Waals surface area contributed by atoms with Gasteiger partial charge in [0, 0.05) is 20.1 Å². The Labute approximate surface area is 181 Å². The molecule has 0 spiro atoms. The van der Waals surface area contributed by atoms with Crippen molar-refractivity contribution in [2.45, 2.75) is 13.1 Å². The lowest BCUT2D eigenvalue weighted by Crippen LogP contribution is -2.36. The van der Waals surface area contributed by atoms with Crippen molar-refractivity contribution in [1.29, 1.82) is 0 Å². The zero-order valence-electron chi connectivity index (χ0n) is 15.3. The molecule has 0 radical (unpaired) electrons. The molecule has 1 aliphatic rings. The number of guanidine groups is 1. The van der Waals surface area contributed by atoms with Gasteiger partial charge in [0.25, 0.3) is 0 Å². The molecule has 0 unspecified atom stereocenters. The highest BCUT2D eigenvalue weighted by molar-refractivity contribution is 14.0. The molecule has 0 aliphatic carbocycles. The number of benzene rings is 2. The maximum absolute atomic E-state index is 6.28. The summed E-state index contributed by atoms with van der Waals surface area (Å²) >= 11 is 6.28. The Kier molecular flexibility index (Phi) is 8.30. The molecule has 2 aromatic rings. The van der Waals surface area contributed by atoms with Crippen molar-refractivity contribution in [1.82, 2.24) is 10.6 Å². The van der Waals surface area contributed by atoms with Gasteiger partial charge < -0.3 is 24.8 Å². The molecule has 1 aliphatic heterocycles. The van der Waals surface area contributed by atoms with Crippen LogP contribution >= 0.6 is 35.6 Å². The van der Waals surface area contributed by atoms with Gasteiger partial charge in [-0.1, -0.05) is 23.7 Å². The quantitative estimate of drug-likeness (QED) is 0.371. The van der Waals surface area contributed by atoms with Crippen LogP contribution in [0.5, 0.6) is 17.2 Å². The lowest BCUT2D eigenvalue weighted by molar-refractivity contribution is 0.171. The van der Waals surface area contributed by atoms with Gasteiger partial charge in [0.15, 0.2) is 17.5 Å². The minimum atomic E-state index is 0. The van der Waals surface area contributed by atoms with Gasteiger partial charge in [-0.2, -0.15) is 0 Å². The number of ether oxygens (including phenoxy) is 3. The Morgan fingerprint density at radius 3 is 2.59 bits per heavy atom. The van der Waals surface area contributed by atoms with E-state index in [1.54, 1.807) is 14.2 Å². The fraction of sp³-hybridized carbons (Fsp3) is 0.316. The number of nitrogens with one attached hydrogen (secondary N) is 2. The molecule has 1 heterocycles. The Morgan fingerprint density at radius 1 is 1.11 bits per heavy atom. The number of rotatable bonds is 5. The molecule has 3 rings (SSSR count). The molecule has 0 amide bonds. The van der Waals surface area contributed by atoms with Crippen LogP contribution in [-0.2, 0) is 13.1 Å². The van der Waals surface area contributed by atoms with E-state index in [1.807, 2.05) is 36.4 Å². The third kappa shape index (κ3) is 5.80. The molecule has 2 N–H and O–H groups in total. The van der Waals surface area contributed by atoms with Gasteiger partial charge in [0.2, 0.25) is 0 Å². The molecule has 146 valence electrons. The van der Waals surface area contributed by atoms with Crippen LogP contribution in [0.2, 0.25) is 5.02 Å². The SMILES string of the molecule is CN=C(NCc1cccc(OC)c1)NCc1cc(Cl)c2c(c1)OCCO2.I. The van der Waals surface area contributed by atoms with Gasteiger partial charge in [-0.3, -0.25) is 4.99 Å². The normalized spacial score (nSPS) is 12.8. The van der Waals surface area contributed by atoms with E-state index in [-0.39, 0.29) is 24.0 Å². The van der Waals surface area contributed by atoms with E-state index in [0.717, 1.165) is 16.9 Å². The molecule has 0 bridgehead atoms. The summed E-state index contributed by atoms with van der Waals surface area (Å²) in [6.07, 6.45) is 0. The largest absolute Gasteiger partial charge is 0.497 e. The van der Waals surface area contributed by atoms with Crippen molar-refractivity contribution >= 4 is 41.5 Å². The van der Waals surface area contributed by atoms with Gasteiger partial charge in [0.1, 0.15) is 19.0 Å². The summed E-state index contributed by atoms with van der Waals surface area (Å²) in [5.74, 6) is 2.82. The molecular formula is C19H23ClIN3O3. The van der Waals surface area contributed by atoms with Gasteiger partial charge in [-0.05, 0) is 35.4 Å². The number of hydrogen-bond acceptors (Lipinski definition) is 4. The fourth-order valence-electron chi connectivity index (χ4n) is 2.64. The van der Waals surface area contributed by atoms with Gasteiger partial charge in [-0.15, -0.1) is 24.0 Å². The monoisotopic (exact) mass is 503 g/mol. The third-order valence-corrected chi connectivity index (χ3v) is 4.22. The highest BCUT2D eigenvalue weighted by Crippen LogP contribution is 2.38. The van der Waals surface area contributed by atoms with Crippen LogP contribution < -0.4 is 24.8 Å². The first-order valence-corrected chi connectivity index (χ1v) is 8.73. The van der Waals surface area contributed by atoms with Gasteiger partial charge in [-0.25, -0.2) is 0 Å². The Bertz CT molecular complexity index is 802. The van der Waals surface area contributed by atoms with Crippen LogP contribution in [0.3, 0.4) is 0 Å². The van der Waals surface area contributed by atoms with Crippen molar-refractivity contribution in [3.63, 3.8) is 0 Å². The topological polar surface area (TPSA) is 64.1 Å². The molecule has 2 aromatic carbocycles. The molecule has 27 heavy (non-hydrogen) atoms. The van der Waals surface area contributed by atoms with E-state index in [4.69, 9.17) is 25.8 Å². The first-order chi connectivity index (χ1) is 12.7. The number of aliphatic imine (C=N–C) groups is 1. The lowest BCUT2D eigenvalue weighted by Gasteiger charge is -2.20. The molecule has 6 nitrogen and oxygen atoms in total. The molecule has 0 fully saturated rings. The average molecular weight is 504 g/mol. The molecule has 0 aromatic heterocycles. The van der Waals surface area contributed by atoms with Crippen molar-refractivity contribution in [2.24, 2.45) is 4.99 Å². The van der Waals surface area contributed by atoms with Crippen LogP contribution in [0.4, 0.5) is 0 Å². The molecule has 8 heteroatoms. The zero-order valence-corrected chi connectivity index (χ0v) is 18.3. The standard InChI is InChI=1S/C19H22ClN3O3.HI/c1-21-19(22-11-13-4-3-5-15(8-13)24-2)23-12-14-9-16(20)18-17(10-14)25-6-7-26-18;/h3-5,8-10H,6-7,11-12H2,1-2H3,(H2,21,22,23);1H. The maximum atomic E-state index is 6.28. The number of halogens is 2. The van der Waals surface area contributed by atoms with E-state index in [1.165, 1.54) is 0 Å². The predicted octanol–water partition coefficient (Wildman–Crippen LogP) is 3.60. The zero-order chi connectivity index (χ0) is 18.4. The fourth-order valence-corrected chi connectivity index (χ4v) is 2.93. The van der Waals surface area contributed by atoms with Crippen molar-refractivity contribution < 1.29 is 14.2 Å². The maximum Gasteiger partial charge on any atom is 0.191 e. The first-order valence-electron chi connectivity index (χ1n) is 8.35. The van der Waals surface area contributed by atoms with E-state index in [2.05, 4.69) is 15.6 Å². The Balaban J connectivity index is 0.00000261. The summed E-state index contributed by atoms with van der Waals surface area (Å²) in [6, 6.07) is 11.7.